The summed E-state index contributed by atoms with van der Waals surface area (Å²) in [6, 6.07) is 20.2. The standard InChI is InChI=1S/C35H30N4O5S2/c40-32(25-18-28-26(10-16-45-28)37-31(25)38-19-35(20-38)11-14-44-15-12-35)36-23-7-5-21(6-8-23)33(41)39-13-9-22-17-29(34(42)43)46-30(22)24-3-1-2-4-27(24)39/h1-8,10,16-18H,9,11-15,19-20H2,(H,36,40)(H,42,43). The second-order valence-corrected chi connectivity index (χ2v) is 14.2. The summed E-state index contributed by atoms with van der Waals surface area (Å²) in [7, 11) is 0. The number of fused-ring (bicyclic) bond motifs is 4. The lowest BCUT2D eigenvalue weighted by molar-refractivity contribution is -0.000492. The second kappa shape index (κ2) is 11.3. The molecule has 232 valence electrons. The molecule has 8 rings (SSSR count). The molecule has 0 saturated carbocycles. The van der Waals surface area contributed by atoms with Gasteiger partial charge >= 0.3 is 5.97 Å². The van der Waals surface area contributed by atoms with E-state index in [1.165, 1.54) is 11.3 Å². The SMILES string of the molecule is O=C(O)c1cc2c(s1)-c1ccccc1N(C(=O)c1ccc(NC(=O)c3cc4sccc4nc3N3CC4(CCOCC4)C3)cc1)CC2. The summed E-state index contributed by atoms with van der Waals surface area (Å²) in [5, 5.41) is 14.5. The first-order valence-corrected chi connectivity index (χ1v) is 17.0. The monoisotopic (exact) mass is 650 g/mol. The Morgan fingerprint density at radius 2 is 1.76 bits per heavy atom. The van der Waals surface area contributed by atoms with Crippen LogP contribution in [0.3, 0.4) is 0 Å². The molecule has 0 atom stereocenters. The highest BCUT2D eigenvalue weighted by atomic mass is 32.1. The molecule has 2 fully saturated rings. The maximum absolute atomic E-state index is 13.8. The molecule has 0 radical (unpaired) electrons. The van der Waals surface area contributed by atoms with Crippen LogP contribution in [0, 0.1) is 5.41 Å². The number of amides is 2. The molecule has 2 amide bonds. The zero-order chi connectivity index (χ0) is 31.4. The third-order valence-corrected chi connectivity index (χ3v) is 11.3. The first-order chi connectivity index (χ1) is 22.4. The van der Waals surface area contributed by atoms with Crippen molar-refractivity contribution in [1.29, 1.82) is 0 Å². The van der Waals surface area contributed by atoms with Crippen LogP contribution in [-0.2, 0) is 11.2 Å². The third kappa shape index (κ3) is 5.04. The molecule has 2 N–H and O–H groups in total. The number of thiophene rings is 2. The minimum absolute atomic E-state index is 0.159. The van der Waals surface area contributed by atoms with E-state index < -0.39 is 5.97 Å². The Morgan fingerprint density at radius 1 is 0.978 bits per heavy atom. The average Bonchev–Trinajstić information content (AvgIpc) is 3.68. The molecule has 11 heteroatoms. The summed E-state index contributed by atoms with van der Waals surface area (Å²) in [4.78, 5) is 49.2. The van der Waals surface area contributed by atoms with Crippen LogP contribution in [0.1, 0.15) is 48.8 Å². The molecule has 1 spiro atoms. The number of nitrogens with one attached hydrogen (secondary N) is 1. The Labute approximate surface area is 273 Å². The first kappa shape index (κ1) is 28.9. The first-order valence-electron chi connectivity index (χ1n) is 15.3. The van der Waals surface area contributed by atoms with Crippen LogP contribution in [0.2, 0.25) is 0 Å². The molecule has 3 aliphatic rings. The van der Waals surface area contributed by atoms with Gasteiger partial charge in [-0.05, 0) is 78.7 Å². The fraction of sp³-hybridized carbons (Fsp3) is 0.257. The van der Waals surface area contributed by atoms with Crippen LogP contribution >= 0.6 is 22.7 Å². The highest BCUT2D eigenvalue weighted by molar-refractivity contribution is 7.17. The normalized spacial score (nSPS) is 16.8. The number of anilines is 3. The Morgan fingerprint density at radius 3 is 2.54 bits per heavy atom. The number of ether oxygens (including phenoxy) is 1. The minimum Gasteiger partial charge on any atom is -0.477 e. The smallest absolute Gasteiger partial charge is 0.345 e. The predicted octanol–water partition coefficient (Wildman–Crippen LogP) is 6.80. The van der Waals surface area contributed by atoms with Crippen LogP contribution in [0.25, 0.3) is 20.7 Å². The van der Waals surface area contributed by atoms with Gasteiger partial charge in [-0.25, -0.2) is 9.78 Å². The Hall–Kier alpha value is -4.58. The Bertz CT molecular complexity index is 2000. The predicted molar refractivity (Wildman–Crippen MR) is 181 cm³/mol. The lowest BCUT2D eigenvalue weighted by atomic mass is 9.73. The number of nitrogens with zero attached hydrogens (tertiary/aromatic N) is 3. The number of carboxylic acids is 1. The molecular formula is C35H30N4O5S2. The Kier molecular flexibility index (Phi) is 7.12. The van der Waals surface area contributed by atoms with E-state index in [0.717, 1.165) is 71.1 Å². The fourth-order valence-electron chi connectivity index (χ4n) is 6.79. The van der Waals surface area contributed by atoms with Gasteiger partial charge in [0.05, 0.1) is 21.5 Å². The van der Waals surface area contributed by atoms with Crippen LogP contribution < -0.4 is 15.1 Å². The number of para-hydroxylation sites is 1. The summed E-state index contributed by atoms with van der Waals surface area (Å²) in [6.07, 6.45) is 2.60. The summed E-state index contributed by atoms with van der Waals surface area (Å²) in [6.45, 7) is 3.71. The van der Waals surface area contributed by atoms with Gasteiger partial charge in [0, 0.05) is 60.0 Å². The zero-order valence-electron chi connectivity index (χ0n) is 24.8. The number of carbonyl (C=O) groups excluding carboxylic acids is 2. The summed E-state index contributed by atoms with van der Waals surface area (Å²) in [5.41, 5.74) is 5.27. The number of carboxylic acid groups (broad SMARTS) is 1. The van der Waals surface area contributed by atoms with E-state index in [1.807, 2.05) is 41.8 Å². The van der Waals surface area contributed by atoms with Gasteiger partial charge in [0.1, 0.15) is 10.7 Å². The molecule has 0 unspecified atom stereocenters. The largest absolute Gasteiger partial charge is 0.477 e. The number of rotatable bonds is 5. The molecular weight excluding hydrogens is 621 g/mol. The lowest BCUT2D eigenvalue weighted by Crippen LogP contribution is -2.59. The van der Waals surface area contributed by atoms with Gasteiger partial charge in [0.2, 0.25) is 0 Å². The van der Waals surface area contributed by atoms with Gasteiger partial charge in [0.25, 0.3) is 11.8 Å². The van der Waals surface area contributed by atoms with E-state index in [0.29, 0.717) is 40.5 Å². The van der Waals surface area contributed by atoms with Crippen molar-refractivity contribution in [2.75, 3.05) is 48.0 Å². The molecule has 9 nitrogen and oxygen atoms in total. The van der Waals surface area contributed by atoms with E-state index in [9.17, 15) is 19.5 Å². The maximum Gasteiger partial charge on any atom is 0.345 e. The van der Waals surface area contributed by atoms with E-state index in [4.69, 9.17) is 9.72 Å². The van der Waals surface area contributed by atoms with Gasteiger partial charge < -0.3 is 25.0 Å². The van der Waals surface area contributed by atoms with Crippen molar-refractivity contribution < 1.29 is 24.2 Å². The number of hydrogen-bond acceptors (Lipinski definition) is 8. The number of hydrogen-bond donors (Lipinski definition) is 2. The molecule has 2 saturated heterocycles. The average molecular weight is 651 g/mol. The Balaban J connectivity index is 1.02. The number of aromatic carboxylic acids is 1. The van der Waals surface area contributed by atoms with Crippen molar-refractivity contribution in [3.63, 3.8) is 0 Å². The van der Waals surface area contributed by atoms with Crippen molar-refractivity contribution in [3.05, 3.63) is 93.7 Å². The molecule has 46 heavy (non-hydrogen) atoms. The molecule has 0 aliphatic carbocycles. The van der Waals surface area contributed by atoms with Gasteiger partial charge in [-0.3, -0.25) is 9.59 Å². The van der Waals surface area contributed by atoms with E-state index in [2.05, 4.69) is 10.2 Å². The van der Waals surface area contributed by atoms with Crippen LogP contribution in [0.15, 0.2) is 72.1 Å². The van der Waals surface area contributed by atoms with Gasteiger partial charge in [-0.15, -0.1) is 22.7 Å². The summed E-state index contributed by atoms with van der Waals surface area (Å²) in [5.74, 6) is -0.637. The molecule has 2 aromatic carbocycles. The fourth-order valence-corrected chi connectivity index (χ4v) is 8.64. The highest BCUT2D eigenvalue weighted by Crippen LogP contribution is 2.44. The lowest BCUT2D eigenvalue weighted by Gasteiger charge is -2.53. The summed E-state index contributed by atoms with van der Waals surface area (Å²) >= 11 is 2.80. The molecule has 0 bridgehead atoms. The second-order valence-electron chi connectivity index (χ2n) is 12.2. The maximum atomic E-state index is 13.8. The van der Waals surface area contributed by atoms with E-state index >= 15 is 0 Å². The third-order valence-electron chi connectivity index (χ3n) is 9.27. The number of benzene rings is 2. The van der Waals surface area contributed by atoms with Crippen LogP contribution in [-0.4, -0.2) is 60.7 Å². The minimum atomic E-state index is -0.945. The van der Waals surface area contributed by atoms with Gasteiger partial charge in [0.15, 0.2) is 0 Å². The van der Waals surface area contributed by atoms with Crippen molar-refractivity contribution in [1.82, 2.24) is 4.98 Å². The zero-order valence-corrected chi connectivity index (χ0v) is 26.5. The molecule has 3 aliphatic heterocycles. The van der Waals surface area contributed by atoms with E-state index in [1.54, 1.807) is 46.6 Å². The van der Waals surface area contributed by atoms with Crippen LogP contribution in [0.5, 0.6) is 0 Å². The van der Waals surface area contributed by atoms with Crippen molar-refractivity contribution in [2.24, 2.45) is 5.41 Å². The molecule has 3 aromatic heterocycles. The van der Waals surface area contributed by atoms with E-state index in [-0.39, 0.29) is 17.2 Å². The van der Waals surface area contributed by atoms with Crippen molar-refractivity contribution in [3.8, 4) is 10.4 Å². The number of carbonyl (C=O) groups is 3. The highest BCUT2D eigenvalue weighted by Gasteiger charge is 2.45. The topological polar surface area (TPSA) is 112 Å². The number of pyridine rings is 1. The quantitative estimate of drug-likeness (QED) is 0.215. The van der Waals surface area contributed by atoms with Crippen molar-refractivity contribution >= 4 is 67.9 Å². The molecule has 5 aromatic rings. The summed E-state index contributed by atoms with van der Waals surface area (Å²) < 4.78 is 6.54. The van der Waals surface area contributed by atoms with Crippen LogP contribution in [0.4, 0.5) is 17.2 Å². The number of aromatic nitrogens is 1. The van der Waals surface area contributed by atoms with Gasteiger partial charge in [-0.1, -0.05) is 18.2 Å². The molecule has 6 heterocycles. The van der Waals surface area contributed by atoms with Crippen molar-refractivity contribution in [2.45, 2.75) is 19.3 Å². The van der Waals surface area contributed by atoms with Gasteiger partial charge in [-0.2, -0.15) is 0 Å².